The number of rotatable bonds is 7. The molecule has 1 N–H and O–H groups in total. The van der Waals surface area contributed by atoms with E-state index in [-0.39, 0.29) is 6.10 Å². The Bertz CT molecular complexity index is 300. The predicted octanol–water partition coefficient (Wildman–Crippen LogP) is 4.81. The summed E-state index contributed by atoms with van der Waals surface area (Å²) in [4.78, 5) is 0. The maximum atomic E-state index is 10.0. The van der Waals surface area contributed by atoms with Crippen molar-refractivity contribution >= 4 is 0 Å². The van der Waals surface area contributed by atoms with Crippen molar-refractivity contribution in [3.05, 3.63) is 35.4 Å². The van der Waals surface area contributed by atoms with E-state index in [1.54, 1.807) is 0 Å². The van der Waals surface area contributed by atoms with Gasteiger partial charge in [-0.1, -0.05) is 70.7 Å². The third-order valence-corrected chi connectivity index (χ3v) is 3.32. The number of benzene rings is 1. The molecule has 0 amide bonds. The SMILES string of the molecule is CCCCCCC(O)c1ccc(C(C)C)cc1. The van der Waals surface area contributed by atoms with Crippen LogP contribution >= 0.6 is 0 Å². The minimum Gasteiger partial charge on any atom is -0.388 e. The van der Waals surface area contributed by atoms with E-state index in [2.05, 4.69) is 45.0 Å². The fourth-order valence-electron chi connectivity index (χ4n) is 2.03. The molecule has 1 aromatic rings. The number of unbranched alkanes of at least 4 members (excludes halogenated alkanes) is 3. The van der Waals surface area contributed by atoms with Crippen LogP contribution in [0.1, 0.15) is 76.0 Å². The van der Waals surface area contributed by atoms with Gasteiger partial charge in [0.25, 0.3) is 0 Å². The molecule has 0 bridgehead atoms. The Morgan fingerprint density at radius 3 is 2.06 bits per heavy atom. The molecular formula is C16H26O. The molecule has 1 heteroatoms. The summed E-state index contributed by atoms with van der Waals surface area (Å²) in [7, 11) is 0. The fourth-order valence-corrected chi connectivity index (χ4v) is 2.03. The third-order valence-electron chi connectivity index (χ3n) is 3.32. The van der Waals surface area contributed by atoms with E-state index in [0.29, 0.717) is 5.92 Å². The first kappa shape index (κ1) is 14.2. The molecule has 0 aliphatic carbocycles. The summed E-state index contributed by atoms with van der Waals surface area (Å²) in [6.45, 7) is 6.59. The van der Waals surface area contributed by atoms with E-state index >= 15 is 0 Å². The molecule has 0 saturated heterocycles. The van der Waals surface area contributed by atoms with Crippen LogP contribution in [0.15, 0.2) is 24.3 Å². The molecular weight excluding hydrogens is 208 g/mol. The molecule has 0 fully saturated rings. The second-order valence-electron chi connectivity index (χ2n) is 5.19. The van der Waals surface area contributed by atoms with Gasteiger partial charge >= 0.3 is 0 Å². The highest BCUT2D eigenvalue weighted by Gasteiger charge is 2.07. The molecule has 96 valence electrons. The van der Waals surface area contributed by atoms with Gasteiger partial charge in [-0.3, -0.25) is 0 Å². The van der Waals surface area contributed by atoms with Crippen molar-refractivity contribution in [2.45, 2.75) is 64.9 Å². The van der Waals surface area contributed by atoms with Crippen molar-refractivity contribution in [1.82, 2.24) is 0 Å². The molecule has 0 aliphatic rings. The zero-order valence-corrected chi connectivity index (χ0v) is 11.4. The van der Waals surface area contributed by atoms with Crippen molar-refractivity contribution in [2.24, 2.45) is 0 Å². The van der Waals surface area contributed by atoms with Gasteiger partial charge in [-0.15, -0.1) is 0 Å². The van der Waals surface area contributed by atoms with Crippen LogP contribution in [0.4, 0.5) is 0 Å². The molecule has 1 nitrogen and oxygen atoms in total. The maximum Gasteiger partial charge on any atom is 0.0790 e. The topological polar surface area (TPSA) is 20.2 Å². The van der Waals surface area contributed by atoms with Crippen LogP contribution < -0.4 is 0 Å². The molecule has 1 aromatic carbocycles. The number of hydrogen-bond donors (Lipinski definition) is 1. The summed E-state index contributed by atoms with van der Waals surface area (Å²) in [6, 6.07) is 8.41. The molecule has 1 rings (SSSR count). The van der Waals surface area contributed by atoms with Crippen molar-refractivity contribution in [1.29, 1.82) is 0 Å². The Hall–Kier alpha value is -0.820. The van der Waals surface area contributed by atoms with E-state index < -0.39 is 0 Å². The van der Waals surface area contributed by atoms with Crippen molar-refractivity contribution in [3.63, 3.8) is 0 Å². The van der Waals surface area contributed by atoms with Gasteiger partial charge in [0.1, 0.15) is 0 Å². The van der Waals surface area contributed by atoms with Gasteiger partial charge in [-0.2, -0.15) is 0 Å². The molecule has 0 aromatic heterocycles. The summed E-state index contributed by atoms with van der Waals surface area (Å²) in [5.41, 5.74) is 2.40. The minimum absolute atomic E-state index is 0.284. The lowest BCUT2D eigenvalue weighted by Crippen LogP contribution is -1.98. The number of aliphatic hydroxyl groups excluding tert-OH is 1. The van der Waals surface area contributed by atoms with Crippen LogP contribution in [0.2, 0.25) is 0 Å². The lowest BCUT2D eigenvalue weighted by atomic mass is 9.98. The summed E-state index contributed by atoms with van der Waals surface area (Å²) in [5.74, 6) is 0.561. The molecule has 0 saturated carbocycles. The zero-order chi connectivity index (χ0) is 12.7. The minimum atomic E-state index is -0.284. The Morgan fingerprint density at radius 2 is 1.53 bits per heavy atom. The van der Waals surface area contributed by atoms with E-state index in [9.17, 15) is 5.11 Å². The maximum absolute atomic E-state index is 10.0. The Kier molecular flexibility index (Phi) is 6.28. The lowest BCUT2D eigenvalue weighted by Gasteiger charge is -2.12. The van der Waals surface area contributed by atoms with Gasteiger partial charge in [0.2, 0.25) is 0 Å². The van der Waals surface area contributed by atoms with Crippen LogP contribution in [0, 0.1) is 0 Å². The van der Waals surface area contributed by atoms with Gasteiger partial charge in [0, 0.05) is 0 Å². The molecule has 0 radical (unpaired) electrons. The summed E-state index contributed by atoms with van der Waals surface area (Å²) in [5, 5.41) is 10.0. The van der Waals surface area contributed by atoms with Crippen LogP contribution in [0.3, 0.4) is 0 Å². The summed E-state index contributed by atoms with van der Waals surface area (Å²) < 4.78 is 0. The fraction of sp³-hybridized carbons (Fsp3) is 0.625. The van der Waals surface area contributed by atoms with Gasteiger partial charge in [0.05, 0.1) is 6.10 Å². The zero-order valence-electron chi connectivity index (χ0n) is 11.4. The Balaban J connectivity index is 2.43. The molecule has 0 aliphatic heterocycles. The van der Waals surface area contributed by atoms with Gasteiger partial charge in [0.15, 0.2) is 0 Å². The highest BCUT2D eigenvalue weighted by atomic mass is 16.3. The van der Waals surface area contributed by atoms with Crippen molar-refractivity contribution in [3.8, 4) is 0 Å². The van der Waals surface area contributed by atoms with Gasteiger partial charge in [-0.05, 0) is 23.5 Å². The second-order valence-corrected chi connectivity index (χ2v) is 5.19. The van der Waals surface area contributed by atoms with Crippen LogP contribution in [-0.2, 0) is 0 Å². The van der Waals surface area contributed by atoms with Crippen LogP contribution in [0.5, 0.6) is 0 Å². The van der Waals surface area contributed by atoms with Gasteiger partial charge < -0.3 is 5.11 Å². The second kappa shape index (κ2) is 7.50. The average molecular weight is 234 g/mol. The standard InChI is InChI=1S/C16H26O/c1-4-5-6-7-8-16(17)15-11-9-14(10-12-15)13(2)3/h9-13,16-17H,4-8H2,1-3H3. The molecule has 1 unspecified atom stereocenters. The Morgan fingerprint density at radius 1 is 0.941 bits per heavy atom. The smallest absolute Gasteiger partial charge is 0.0790 e. The predicted molar refractivity (Wildman–Crippen MR) is 74.2 cm³/mol. The first-order valence-electron chi connectivity index (χ1n) is 6.93. The highest BCUT2D eigenvalue weighted by Crippen LogP contribution is 2.22. The summed E-state index contributed by atoms with van der Waals surface area (Å²) >= 11 is 0. The van der Waals surface area contributed by atoms with Crippen LogP contribution in [-0.4, -0.2) is 5.11 Å². The van der Waals surface area contributed by atoms with E-state index in [0.717, 1.165) is 18.4 Å². The normalized spacial score (nSPS) is 13.0. The van der Waals surface area contributed by atoms with E-state index in [1.165, 1.54) is 24.8 Å². The third kappa shape index (κ3) is 4.91. The van der Waals surface area contributed by atoms with Crippen LogP contribution in [0.25, 0.3) is 0 Å². The molecule has 17 heavy (non-hydrogen) atoms. The summed E-state index contributed by atoms with van der Waals surface area (Å²) in [6.07, 6.45) is 5.49. The number of hydrogen-bond acceptors (Lipinski definition) is 1. The first-order chi connectivity index (χ1) is 8.15. The molecule has 0 spiro atoms. The number of aliphatic hydroxyl groups is 1. The average Bonchev–Trinajstić information content (AvgIpc) is 2.34. The monoisotopic (exact) mass is 234 g/mol. The lowest BCUT2D eigenvalue weighted by molar-refractivity contribution is 0.163. The highest BCUT2D eigenvalue weighted by molar-refractivity contribution is 5.25. The van der Waals surface area contributed by atoms with Crippen molar-refractivity contribution in [2.75, 3.05) is 0 Å². The quantitative estimate of drug-likeness (QED) is 0.671. The first-order valence-corrected chi connectivity index (χ1v) is 6.93. The Labute approximate surface area is 106 Å². The van der Waals surface area contributed by atoms with E-state index in [1.807, 2.05) is 0 Å². The largest absolute Gasteiger partial charge is 0.388 e. The van der Waals surface area contributed by atoms with Crippen molar-refractivity contribution < 1.29 is 5.11 Å². The van der Waals surface area contributed by atoms with E-state index in [4.69, 9.17) is 0 Å². The molecule has 0 heterocycles. The van der Waals surface area contributed by atoms with Gasteiger partial charge in [-0.25, -0.2) is 0 Å². The molecule has 1 atom stereocenters.